The van der Waals surface area contributed by atoms with E-state index in [1.165, 1.54) is 40.4 Å². The minimum absolute atomic E-state index is 0. The van der Waals surface area contributed by atoms with Crippen molar-refractivity contribution >= 4 is 48.1 Å². The van der Waals surface area contributed by atoms with Crippen LogP contribution in [0.25, 0.3) is 10.9 Å². The standard InChI is InChI=1S/C26H36N4.3ClH/c1-20-6-4-7-21(18-20)23(12-17-28-14-5-13-27)25-19-30(22-10-15-29-16-11-22)26-9-3-2-8-24(25)26;;;/h2-4,6-9,18-19,22-23,28-29H,5,10-17,27H2,1H3;3*1H. The zero-order chi connectivity index (χ0) is 20.8. The number of halogens is 3. The lowest BCUT2D eigenvalue weighted by molar-refractivity contribution is 0.375. The number of rotatable bonds is 9. The molecule has 0 amide bonds. The predicted octanol–water partition coefficient (Wildman–Crippen LogP) is 5.60. The Kier molecular flexibility index (Phi) is 13.4. The number of hydrogen-bond acceptors (Lipinski definition) is 3. The Hall–Kier alpha value is -1.27. The lowest BCUT2D eigenvalue weighted by atomic mass is 9.87. The van der Waals surface area contributed by atoms with E-state index in [-0.39, 0.29) is 37.2 Å². The molecule has 2 aromatic carbocycles. The van der Waals surface area contributed by atoms with Crippen LogP contribution >= 0.6 is 37.2 Å². The Labute approximate surface area is 217 Å². The van der Waals surface area contributed by atoms with Gasteiger partial charge < -0.3 is 20.9 Å². The summed E-state index contributed by atoms with van der Waals surface area (Å²) in [6, 6.07) is 18.6. The average molecular weight is 514 g/mol. The highest BCUT2D eigenvalue weighted by atomic mass is 35.5. The van der Waals surface area contributed by atoms with Crippen LogP contribution in [0.5, 0.6) is 0 Å². The van der Waals surface area contributed by atoms with Gasteiger partial charge in [-0.1, -0.05) is 48.0 Å². The van der Waals surface area contributed by atoms with Crippen LogP contribution in [0.2, 0.25) is 0 Å². The molecule has 1 fully saturated rings. The molecule has 0 radical (unpaired) electrons. The fourth-order valence-corrected chi connectivity index (χ4v) is 4.88. The predicted molar refractivity (Wildman–Crippen MR) is 149 cm³/mol. The molecule has 0 bridgehead atoms. The maximum Gasteiger partial charge on any atom is 0.0485 e. The van der Waals surface area contributed by atoms with E-state index in [1.807, 2.05) is 0 Å². The van der Waals surface area contributed by atoms with Crippen molar-refractivity contribution in [1.82, 2.24) is 15.2 Å². The van der Waals surface area contributed by atoms with Crippen molar-refractivity contribution in [1.29, 1.82) is 0 Å². The number of nitrogens with two attached hydrogens (primary N) is 1. The normalized spacial score (nSPS) is 14.7. The Bertz CT molecular complexity index is 954. The maximum absolute atomic E-state index is 5.66. The molecule has 2 heterocycles. The number of hydrogen-bond donors (Lipinski definition) is 3. The molecule has 1 aliphatic heterocycles. The summed E-state index contributed by atoms with van der Waals surface area (Å²) < 4.78 is 2.57. The van der Waals surface area contributed by atoms with Gasteiger partial charge in [0.1, 0.15) is 0 Å². The number of benzene rings is 2. The number of aromatic nitrogens is 1. The molecule has 184 valence electrons. The molecule has 0 saturated carbocycles. The maximum atomic E-state index is 5.66. The van der Waals surface area contributed by atoms with Gasteiger partial charge in [0.15, 0.2) is 0 Å². The lowest BCUT2D eigenvalue weighted by Gasteiger charge is -2.25. The van der Waals surface area contributed by atoms with Gasteiger partial charge in [0, 0.05) is 29.1 Å². The Morgan fingerprint density at radius 3 is 2.52 bits per heavy atom. The topological polar surface area (TPSA) is 55.0 Å². The molecule has 1 saturated heterocycles. The molecule has 7 heteroatoms. The monoisotopic (exact) mass is 512 g/mol. The second-order valence-corrected chi connectivity index (χ2v) is 8.64. The van der Waals surface area contributed by atoms with Crippen LogP contribution in [0.3, 0.4) is 0 Å². The van der Waals surface area contributed by atoms with E-state index in [9.17, 15) is 0 Å². The molecule has 1 unspecified atom stereocenters. The fourth-order valence-electron chi connectivity index (χ4n) is 4.88. The number of nitrogens with zero attached hydrogens (tertiary/aromatic N) is 1. The lowest BCUT2D eigenvalue weighted by Crippen LogP contribution is -2.29. The Morgan fingerprint density at radius 1 is 1.03 bits per heavy atom. The van der Waals surface area contributed by atoms with Crippen molar-refractivity contribution in [2.24, 2.45) is 5.73 Å². The summed E-state index contributed by atoms with van der Waals surface area (Å²) in [5.74, 6) is 0.392. The largest absolute Gasteiger partial charge is 0.344 e. The molecule has 33 heavy (non-hydrogen) atoms. The van der Waals surface area contributed by atoms with Crippen LogP contribution in [0.1, 0.15) is 54.3 Å². The van der Waals surface area contributed by atoms with Gasteiger partial charge in [0.25, 0.3) is 0 Å². The zero-order valence-corrected chi connectivity index (χ0v) is 21.9. The number of piperidine rings is 1. The van der Waals surface area contributed by atoms with E-state index in [4.69, 9.17) is 5.73 Å². The molecule has 1 aromatic heterocycles. The highest BCUT2D eigenvalue weighted by molar-refractivity contribution is 5.86. The van der Waals surface area contributed by atoms with Gasteiger partial charge in [-0.05, 0) is 82.5 Å². The van der Waals surface area contributed by atoms with E-state index < -0.39 is 0 Å². The van der Waals surface area contributed by atoms with Crippen molar-refractivity contribution in [2.75, 3.05) is 32.7 Å². The van der Waals surface area contributed by atoms with E-state index >= 15 is 0 Å². The first kappa shape index (κ1) is 29.8. The SMILES string of the molecule is Cc1cccc(C(CCNCCCN)c2cn(C3CCNCC3)c3ccccc23)c1.Cl.Cl.Cl. The minimum atomic E-state index is 0. The van der Waals surface area contributed by atoms with E-state index in [0.717, 1.165) is 45.6 Å². The summed E-state index contributed by atoms with van der Waals surface area (Å²) in [5.41, 5.74) is 11.3. The van der Waals surface area contributed by atoms with Crippen molar-refractivity contribution in [3.05, 3.63) is 71.4 Å². The van der Waals surface area contributed by atoms with Crippen LogP contribution < -0.4 is 16.4 Å². The summed E-state index contributed by atoms with van der Waals surface area (Å²) in [7, 11) is 0. The summed E-state index contributed by atoms with van der Waals surface area (Å²) in [5, 5.41) is 8.51. The van der Waals surface area contributed by atoms with Gasteiger partial charge in [0.05, 0.1) is 0 Å². The van der Waals surface area contributed by atoms with Gasteiger partial charge in [-0.15, -0.1) is 37.2 Å². The number of aryl methyl sites for hydroxylation is 1. The average Bonchev–Trinajstić information content (AvgIpc) is 3.16. The van der Waals surface area contributed by atoms with Gasteiger partial charge >= 0.3 is 0 Å². The zero-order valence-electron chi connectivity index (χ0n) is 19.5. The van der Waals surface area contributed by atoms with Crippen molar-refractivity contribution in [3.63, 3.8) is 0 Å². The number of nitrogens with one attached hydrogen (secondary N) is 2. The molecule has 4 N–H and O–H groups in total. The first-order valence-corrected chi connectivity index (χ1v) is 11.6. The molecule has 3 aromatic rings. The van der Waals surface area contributed by atoms with Gasteiger partial charge in [-0.2, -0.15) is 0 Å². The molecule has 1 aliphatic rings. The van der Waals surface area contributed by atoms with Gasteiger partial charge in [-0.3, -0.25) is 0 Å². The van der Waals surface area contributed by atoms with Crippen molar-refractivity contribution in [3.8, 4) is 0 Å². The first-order valence-electron chi connectivity index (χ1n) is 11.6. The minimum Gasteiger partial charge on any atom is -0.344 e. The molecule has 0 aliphatic carbocycles. The molecule has 4 rings (SSSR count). The Balaban J connectivity index is 0.00000181. The summed E-state index contributed by atoms with van der Waals surface area (Å²) in [6.45, 7) is 7.16. The molecular weight excluding hydrogens is 475 g/mol. The van der Waals surface area contributed by atoms with Gasteiger partial charge in [-0.25, -0.2) is 0 Å². The molecule has 1 atom stereocenters. The highest BCUT2D eigenvalue weighted by Crippen LogP contribution is 2.37. The third kappa shape index (κ3) is 7.35. The first-order chi connectivity index (χ1) is 14.8. The van der Waals surface area contributed by atoms with Crippen LogP contribution in [0.15, 0.2) is 54.7 Å². The van der Waals surface area contributed by atoms with Crippen molar-refractivity contribution in [2.45, 2.75) is 44.6 Å². The fraction of sp³-hybridized carbons (Fsp3) is 0.462. The highest BCUT2D eigenvalue weighted by Gasteiger charge is 2.23. The smallest absolute Gasteiger partial charge is 0.0485 e. The number of fused-ring (bicyclic) bond motifs is 1. The van der Waals surface area contributed by atoms with E-state index in [2.05, 4.69) is 76.9 Å². The summed E-state index contributed by atoms with van der Waals surface area (Å²) in [4.78, 5) is 0. The van der Waals surface area contributed by atoms with E-state index in [1.54, 1.807) is 0 Å². The van der Waals surface area contributed by atoms with Crippen LogP contribution in [0, 0.1) is 6.92 Å². The second kappa shape index (κ2) is 14.9. The number of para-hydroxylation sites is 1. The van der Waals surface area contributed by atoms with E-state index in [0.29, 0.717) is 12.0 Å². The quantitative estimate of drug-likeness (QED) is 0.326. The van der Waals surface area contributed by atoms with Crippen LogP contribution in [-0.4, -0.2) is 37.3 Å². The molecule has 4 nitrogen and oxygen atoms in total. The molecule has 0 spiro atoms. The third-order valence-electron chi connectivity index (χ3n) is 6.46. The van der Waals surface area contributed by atoms with Crippen LogP contribution in [0.4, 0.5) is 0 Å². The Morgan fingerprint density at radius 2 is 1.79 bits per heavy atom. The third-order valence-corrected chi connectivity index (χ3v) is 6.46. The summed E-state index contributed by atoms with van der Waals surface area (Å²) in [6.07, 6.45) is 6.99. The molecular formula is C26H39Cl3N4. The summed E-state index contributed by atoms with van der Waals surface area (Å²) >= 11 is 0. The van der Waals surface area contributed by atoms with Crippen LogP contribution in [-0.2, 0) is 0 Å². The van der Waals surface area contributed by atoms with Gasteiger partial charge in [0.2, 0.25) is 0 Å². The second-order valence-electron chi connectivity index (χ2n) is 8.64. The van der Waals surface area contributed by atoms with Crippen molar-refractivity contribution < 1.29 is 0 Å².